The van der Waals surface area contributed by atoms with Gasteiger partial charge in [-0.1, -0.05) is 61.9 Å². The summed E-state index contributed by atoms with van der Waals surface area (Å²) in [7, 11) is 0. The Balaban J connectivity index is 1.19. The lowest BCUT2D eigenvalue weighted by Gasteiger charge is -2.28. The molecule has 0 spiro atoms. The Morgan fingerprint density at radius 3 is 2.34 bits per heavy atom. The molecular formula is C28H34N2O5. The highest BCUT2D eigenvalue weighted by molar-refractivity contribution is 5.81. The Morgan fingerprint density at radius 2 is 1.71 bits per heavy atom. The third-order valence-electron chi connectivity index (χ3n) is 7.64. The predicted molar refractivity (Wildman–Crippen MR) is 133 cm³/mol. The SMILES string of the molecule is CC(CCCNC(=O)OCC1c2ccccc2-c2ccccc21)C(=O)NC1CCCC1(C)C(=O)O. The van der Waals surface area contributed by atoms with E-state index in [4.69, 9.17) is 4.74 Å². The second-order valence-corrected chi connectivity index (χ2v) is 9.97. The summed E-state index contributed by atoms with van der Waals surface area (Å²) in [6.45, 7) is 4.21. The van der Waals surface area contributed by atoms with Gasteiger partial charge in [0.1, 0.15) is 6.61 Å². The van der Waals surface area contributed by atoms with Gasteiger partial charge in [0.2, 0.25) is 5.91 Å². The van der Waals surface area contributed by atoms with E-state index in [1.165, 1.54) is 22.3 Å². The van der Waals surface area contributed by atoms with Crippen LogP contribution >= 0.6 is 0 Å². The Hall–Kier alpha value is -3.35. The Morgan fingerprint density at radius 1 is 1.09 bits per heavy atom. The summed E-state index contributed by atoms with van der Waals surface area (Å²) >= 11 is 0. The number of carboxylic acid groups (broad SMARTS) is 1. The molecule has 0 radical (unpaired) electrons. The van der Waals surface area contributed by atoms with Crippen molar-refractivity contribution >= 4 is 18.0 Å². The minimum Gasteiger partial charge on any atom is -0.481 e. The van der Waals surface area contributed by atoms with Crippen LogP contribution in [-0.4, -0.2) is 42.3 Å². The normalized spacial score (nSPS) is 21.6. The maximum Gasteiger partial charge on any atom is 0.407 e. The molecule has 2 aromatic carbocycles. The lowest BCUT2D eigenvalue weighted by Crippen LogP contribution is -2.48. The second kappa shape index (κ2) is 10.5. The van der Waals surface area contributed by atoms with Gasteiger partial charge in [0.25, 0.3) is 0 Å². The van der Waals surface area contributed by atoms with Gasteiger partial charge in [0.15, 0.2) is 0 Å². The van der Waals surface area contributed by atoms with Crippen LogP contribution in [0.2, 0.25) is 0 Å². The number of hydrogen-bond donors (Lipinski definition) is 3. The standard InChI is InChI=1S/C28H34N2O5/c1-18(25(31)30-24-14-7-15-28(24,2)26(32)33)9-8-16-29-27(34)35-17-23-21-12-5-3-10-19(21)20-11-4-6-13-22(20)23/h3-6,10-13,18,23-24H,7-9,14-17H2,1-2H3,(H,29,34)(H,30,31)(H,32,33). The first kappa shape index (κ1) is 24.8. The highest BCUT2D eigenvalue weighted by Gasteiger charge is 2.46. The van der Waals surface area contributed by atoms with Crippen molar-refractivity contribution in [1.29, 1.82) is 0 Å². The van der Waals surface area contributed by atoms with Crippen LogP contribution in [0.4, 0.5) is 4.79 Å². The van der Waals surface area contributed by atoms with Gasteiger partial charge in [-0.05, 0) is 54.9 Å². The van der Waals surface area contributed by atoms with Crippen LogP contribution in [0.15, 0.2) is 48.5 Å². The summed E-state index contributed by atoms with van der Waals surface area (Å²) in [5.74, 6) is -1.24. The predicted octanol–water partition coefficient (Wildman–Crippen LogP) is 4.70. The zero-order valence-corrected chi connectivity index (χ0v) is 20.4. The van der Waals surface area contributed by atoms with Gasteiger partial charge < -0.3 is 20.5 Å². The fourth-order valence-electron chi connectivity index (χ4n) is 5.35. The number of carbonyl (C=O) groups excluding carboxylic acids is 2. The third kappa shape index (κ3) is 5.19. The molecular weight excluding hydrogens is 444 g/mol. The number of nitrogens with one attached hydrogen (secondary N) is 2. The number of hydrogen-bond acceptors (Lipinski definition) is 4. The zero-order valence-electron chi connectivity index (χ0n) is 20.4. The number of amides is 2. The first-order chi connectivity index (χ1) is 16.8. The van der Waals surface area contributed by atoms with E-state index in [-0.39, 0.29) is 30.4 Å². The van der Waals surface area contributed by atoms with Crippen LogP contribution in [0.3, 0.4) is 0 Å². The Labute approximate surface area is 206 Å². The molecule has 7 heteroatoms. The van der Waals surface area contributed by atoms with E-state index >= 15 is 0 Å². The van der Waals surface area contributed by atoms with Crippen molar-refractivity contribution in [3.05, 3.63) is 59.7 Å². The van der Waals surface area contributed by atoms with Gasteiger partial charge in [-0.25, -0.2) is 4.79 Å². The summed E-state index contributed by atoms with van der Waals surface area (Å²) < 4.78 is 5.54. The van der Waals surface area contributed by atoms with Crippen molar-refractivity contribution < 1.29 is 24.2 Å². The third-order valence-corrected chi connectivity index (χ3v) is 7.64. The molecule has 35 heavy (non-hydrogen) atoms. The molecule has 2 amide bonds. The molecule has 0 bridgehead atoms. The number of fused-ring (bicyclic) bond motifs is 3. The van der Waals surface area contributed by atoms with Crippen molar-refractivity contribution in [2.24, 2.45) is 11.3 Å². The van der Waals surface area contributed by atoms with E-state index in [1.807, 2.05) is 31.2 Å². The average Bonchev–Trinajstić information content (AvgIpc) is 3.39. The van der Waals surface area contributed by atoms with E-state index in [0.29, 0.717) is 32.2 Å². The minimum atomic E-state index is -0.902. The van der Waals surface area contributed by atoms with E-state index in [9.17, 15) is 19.5 Å². The van der Waals surface area contributed by atoms with E-state index in [2.05, 4.69) is 34.9 Å². The van der Waals surface area contributed by atoms with Gasteiger partial charge in [0, 0.05) is 24.4 Å². The largest absolute Gasteiger partial charge is 0.481 e. The first-order valence-corrected chi connectivity index (χ1v) is 12.4. The number of aliphatic carboxylic acids is 1. The van der Waals surface area contributed by atoms with Gasteiger partial charge in [-0.3, -0.25) is 9.59 Å². The van der Waals surface area contributed by atoms with Crippen molar-refractivity contribution in [3.63, 3.8) is 0 Å². The maximum absolute atomic E-state index is 12.6. The molecule has 0 aliphatic heterocycles. The van der Waals surface area contributed by atoms with Crippen LogP contribution in [-0.2, 0) is 14.3 Å². The highest BCUT2D eigenvalue weighted by atomic mass is 16.5. The Bertz CT molecular complexity index is 1050. The molecule has 2 aliphatic carbocycles. The maximum atomic E-state index is 12.6. The minimum absolute atomic E-state index is 0.0175. The zero-order chi connectivity index (χ0) is 25.0. The topological polar surface area (TPSA) is 105 Å². The molecule has 0 heterocycles. The second-order valence-electron chi connectivity index (χ2n) is 9.97. The van der Waals surface area contributed by atoms with Gasteiger partial charge in [-0.15, -0.1) is 0 Å². The summed E-state index contributed by atoms with van der Waals surface area (Å²) in [6, 6.07) is 16.1. The molecule has 1 fully saturated rings. The van der Waals surface area contributed by atoms with Gasteiger partial charge in [0.05, 0.1) is 5.41 Å². The van der Waals surface area contributed by atoms with E-state index in [1.54, 1.807) is 6.92 Å². The quantitative estimate of drug-likeness (QED) is 0.453. The monoisotopic (exact) mass is 478 g/mol. The van der Waals surface area contributed by atoms with Crippen LogP contribution in [0.1, 0.15) is 63.0 Å². The number of ether oxygens (including phenoxy) is 1. The molecule has 0 aromatic heterocycles. The summed E-state index contributed by atoms with van der Waals surface area (Å²) in [4.78, 5) is 36.5. The molecule has 1 saturated carbocycles. The fourth-order valence-corrected chi connectivity index (χ4v) is 5.35. The summed E-state index contributed by atoms with van der Waals surface area (Å²) in [6.07, 6.45) is 2.81. The molecule has 7 nitrogen and oxygen atoms in total. The van der Waals surface area contributed by atoms with Crippen molar-refractivity contribution in [1.82, 2.24) is 10.6 Å². The molecule has 2 aromatic rings. The molecule has 4 rings (SSSR count). The molecule has 2 aliphatic rings. The first-order valence-electron chi connectivity index (χ1n) is 12.4. The Kier molecular flexibility index (Phi) is 7.43. The molecule has 0 saturated heterocycles. The van der Waals surface area contributed by atoms with Crippen LogP contribution in [0.25, 0.3) is 11.1 Å². The van der Waals surface area contributed by atoms with Gasteiger partial charge >= 0.3 is 12.1 Å². The summed E-state index contributed by atoms with van der Waals surface area (Å²) in [5.41, 5.74) is 3.81. The fraction of sp³-hybridized carbons (Fsp3) is 0.464. The smallest absolute Gasteiger partial charge is 0.407 e. The molecule has 3 atom stereocenters. The average molecular weight is 479 g/mol. The van der Waals surface area contributed by atoms with Crippen molar-refractivity contribution in [2.45, 2.75) is 57.9 Å². The van der Waals surface area contributed by atoms with Crippen LogP contribution in [0, 0.1) is 11.3 Å². The number of carbonyl (C=O) groups is 3. The lowest BCUT2D eigenvalue weighted by molar-refractivity contribution is -0.149. The van der Waals surface area contributed by atoms with E-state index in [0.717, 1.165) is 6.42 Å². The lowest BCUT2D eigenvalue weighted by atomic mass is 9.84. The number of benzene rings is 2. The van der Waals surface area contributed by atoms with Gasteiger partial charge in [-0.2, -0.15) is 0 Å². The number of alkyl carbamates (subject to hydrolysis) is 1. The highest BCUT2D eigenvalue weighted by Crippen LogP contribution is 2.44. The number of rotatable bonds is 9. The van der Waals surface area contributed by atoms with E-state index < -0.39 is 17.5 Å². The molecule has 186 valence electrons. The summed E-state index contributed by atoms with van der Waals surface area (Å²) in [5, 5.41) is 15.2. The van der Waals surface area contributed by atoms with Crippen molar-refractivity contribution in [3.8, 4) is 11.1 Å². The van der Waals surface area contributed by atoms with Crippen LogP contribution < -0.4 is 10.6 Å². The molecule has 3 unspecified atom stereocenters. The molecule has 3 N–H and O–H groups in total. The van der Waals surface area contributed by atoms with Crippen molar-refractivity contribution in [2.75, 3.05) is 13.2 Å². The number of carboxylic acids is 1. The van der Waals surface area contributed by atoms with Crippen LogP contribution in [0.5, 0.6) is 0 Å².